The number of carbonyl (C=O) groups excluding carboxylic acids is 2. The van der Waals surface area contributed by atoms with Crippen LogP contribution >= 0.6 is 11.3 Å². The number of nitrogens with one attached hydrogen (secondary N) is 3. The number of primary amides is 1. The highest BCUT2D eigenvalue weighted by Gasteiger charge is 2.42. The van der Waals surface area contributed by atoms with E-state index in [0.717, 1.165) is 29.0 Å². The zero-order chi connectivity index (χ0) is 35.3. The van der Waals surface area contributed by atoms with Crippen molar-refractivity contribution in [3.63, 3.8) is 0 Å². The number of carbonyl (C=O) groups is 2. The van der Waals surface area contributed by atoms with Crippen molar-refractivity contribution in [2.75, 3.05) is 13.7 Å². The molecular formula is C33H39F4N5O4S. The third kappa shape index (κ3) is 10.4. The molecule has 0 aliphatic carbocycles. The van der Waals surface area contributed by atoms with Crippen molar-refractivity contribution < 1.29 is 32.1 Å². The maximum atomic E-state index is 13.5. The first-order chi connectivity index (χ1) is 22.4. The van der Waals surface area contributed by atoms with Crippen LogP contribution in [0.2, 0.25) is 0 Å². The van der Waals surface area contributed by atoms with E-state index in [9.17, 15) is 37.3 Å². The summed E-state index contributed by atoms with van der Waals surface area (Å²) in [6.07, 6.45) is 0.810. The molecule has 1 aromatic heterocycles. The molecule has 0 saturated heterocycles. The SMILES string of the molecule is CC.CC(C)CC1=C(C(N)=O)C(c2ccc(C(=O)NCc3ccc(F)c(F)c3)s2)C([N+](=O)[O-])=C(NCCc2ccc(F)cc2)N1.CF. The van der Waals surface area contributed by atoms with Crippen LogP contribution in [0.5, 0.6) is 0 Å². The summed E-state index contributed by atoms with van der Waals surface area (Å²) in [7, 11) is 0.500. The molecule has 14 heteroatoms. The van der Waals surface area contributed by atoms with Gasteiger partial charge in [-0.25, -0.2) is 13.2 Å². The molecule has 0 radical (unpaired) electrons. The van der Waals surface area contributed by atoms with Crippen molar-refractivity contribution in [3.05, 3.63) is 126 Å². The minimum absolute atomic E-state index is 0.0279. The van der Waals surface area contributed by atoms with Gasteiger partial charge >= 0.3 is 0 Å². The van der Waals surface area contributed by atoms with Gasteiger partial charge in [0, 0.05) is 23.7 Å². The smallest absolute Gasteiger partial charge is 0.298 e. The number of allylic oxidation sites excluding steroid dienone is 2. The molecule has 0 bridgehead atoms. The second-order valence-electron chi connectivity index (χ2n) is 10.4. The Balaban J connectivity index is 0.00000185. The minimum atomic E-state index is -1.17. The van der Waals surface area contributed by atoms with Crippen LogP contribution in [0.15, 0.2) is 77.4 Å². The fourth-order valence-electron chi connectivity index (χ4n) is 4.74. The van der Waals surface area contributed by atoms with E-state index in [1.165, 1.54) is 30.3 Å². The van der Waals surface area contributed by atoms with Crippen LogP contribution in [0.3, 0.4) is 0 Å². The molecule has 2 heterocycles. The van der Waals surface area contributed by atoms with E-state index >= 15 is 0 Å². The van der Waals surface area contributed by atoms with Crippen LogP contribution < -0.4 is 21.7 Å². The predicted molar refractivity (Wildman–Crippen MR) is 174 cm³/mol. The van der Waals surface area contributed by atoms with Crippen molar-refractivity contribution in [1.29, 1.82) is 0 Å². The van der Waals surface area contributed by atoms with E-state index in [1.54, 1.807) is 12.1 Å². The molecule has 9 nitrogen and oxygen atoms in total. The van der Waals surface area contributed by atoms with E-state index in [4.69, 9.17) is 5.73 Å². The Labute approximate surface area is 275 Å². The second-order valence-corrected chi connectivity index (χ2v) is 11.5. The molecular weight excluding hydrogens is 638 g/mol. The Morgan fingerprint density at radius 1 is 1.00 bits per heavy atom. The summed E-state index contributed by atoms with van der Waals surface area (Å²) in [5.41, 5.74) is 7.07. The number of hydrogen-bond donors (Lipinski definition) is 4. The van der Waals surface area contributed by atoms with Crippen LogP contribution in [-0.4, -0.2) is 30.5 Å². The highest BCUT2D eigenvalue weighted by molar-refractivity contribution is 7.14. The van der Waals surface area contributed by atoms with Crippen LogP contribution in [0.4, 0.5) is 17.6 Å². The number of thiophene rings is 1. The van der Waals surface area contributed by atoms with Crippen LogP contribution in [0, 0.1) is 33.5 Å². The summed E-state index contributed by atoms with van der Waals surface area (Å²) in [5.74, 6) is -4.81. The maximum Gasteiger partial charge on any atom is 0.298 e. The van der Waals surface area contributed by atoms with Gasteiger partial charge in [-0.05, 0) is 66.3 Å². The first kappa shape index (κ1) is 38.5. The molecule has 47 heavy (non-hydrogen) atoms. The van der Waals surface area contributed by atoms with Crippen LogP contribution in [0.1, 0.15) is 65.7 Å². The van der Waals surface area contributed by atoms with E-state index in [1.807, 2.05) is 27.7 Å². The zero-order valence-corrected chi connectivity index (χ0v) is 27.6. The van der Waals surface area contributed by atoms with Gasteiger partial charge in [-0.15, -0.1) is 11.3 Å². The van der Waals surface area contributed by atoms with E-state index < -0.39 is 34.3 Å². The third-order valence-corrected chi connectivity index (χ3v) is 7.84. The average Bonchev–Trinajstić information content (AvgIpc) is 3.54. The van der Waals surface area contributed by atoms with Gasteiger partial charge in [0.2, 0.25) is 5.91 Å². The Kier molecular flexibility index (Phi) is 15.1. The standard InChI is InChI=1S/C30H30F3N5O4S.C2H6.CH3F/c1-16(2)13-22-25(28(34)39)26(27(38(41)42)29(37-22)35-12-11-17-3-6-19(31)7-4-17)23-9-10-24(43-23)30(40)36-15-18-5-8-20(32)21(33)14-18;2*1-2/h3-10,14,16,26,35,37H,11-13,15H2,1-2H3,(H2,34,39)(H,36,40);1-2H3;1H3. The van der Waals surface area contributed by atoms with Gasteiger partial charge in [-0.1, -0.05) is 45.9 Å². The highest BCUT2D eigenvalue weighted by Crippen LogP contribution is 2.41. The summed E-state index contributed by atoms with van der Waals surface area (Å²) in [4.78, 5) is 38.1. The maximum absolute atomic E-state index is 13.5. The largest absolute Gasteiger partial charge is 0.366 e. The number of halogens is 4. The lowest BCUT2D eigenvalue weighted by Crippen LogP contribution is -2.40. The Morgan fingerprint density at radius 3 is 2.21 bits per heavy atom. The quantitative estimate of drug-likeness (QED) is 0.0987. The van der Waals surface area contributed by atoms with Crippen LogP contribution in [0.25, 0.3) is 0 Å². The average molecular weight is 678 g/mol. The van der Waals surface area contributed by atoms with E-state index in [2.05, 4.69) is 16.0 Å². The number of benzene rings is 2. The van der Waals surface area contributed by atoms with Gasteiger partial charge in [0.15, 0.2) is 17.5 Å². The lowest BCUT2D eigenvalue weighted by molar-refractivity contribution is -0.431. The summed E-state index contributed by atoms with van der Waals surface area (Å²) < 4.78 is 49.6. The monoisotopic (exact) mass is 677 g/mol. The molecule has 0 spiro atoms. The molecule has 1 unspecified atom stereocenters. The molecule has 2 amide bonds. The molecule has 1 aliphatic rings. The number of nitro groups is 1. The molecule has 2 aromatic carbocycles. The summed E-state index contributed by atoms with van der Waals surface area (Å²) in [6.45, 7) is 8.04. The van der Waals surface area contributed by atoms with Crippen molar-refractivity contribution in [3.8, 4) is 0 Å². The molecule has 1 aliphatic heterocycles. The van der Waals surface area contributed by atoms with Crippen molar-refractivity contribution in [2.45, 2.75) is 53.0 Å². The fraction of sp³-hybridized carbons (Fsp3) is 0.333. The molecule has 254 valence electrons. The normalized spacial score (nSPS) is 14.0. The van der Waals surface area contributed by atoms with Gasteiger partial charge in [0.1, 0.15) is 11.7 Å². The zero-order valence-electron chi connectivity index (χ0n) is 26.8. The summed E-state index contributed by atoms with van der Waals surface area (Å²) >= 11 is 0.958. The van der Waals surface area contributed by atoms with Crippen molar-refractivity contribution in [1.82, 2.24) is 16.0 Å². The number of alkyl halides is 1. The van der Waals surface area contributed by atoms with Crippen molar-refractivity contribution >= 4 is 23.2 Å². The molecule has 0 saturated carbocycles. The molecule has 0 fully saturated rings. The number of nitrogens with two attached hydrogens (primary N) is 1. The number of nitrogens with zero attached hydrogens (tertiary/aromatic N) is 1. The van der Waals surface area contributed by atoms with Gasteiger partial charge < -0.3 is 21.7 Å². The first-order valence-corrected chi connectivity index (χ1v) is 15.6. The lowest BCUT2D eigenvalue weighted by atomic mass is 9.86. The number of amides is 2. The Bertz CT molecular complexity index is 1610. The molecule has 4 rings (SSSR count). The topological polar surface area (TPSA) is 139 Å². The second kappa shape index (κ2) is 18.4. The van der Waals surface area contributed by atoms with Gasteiger partial charge in [0.25, 0.3) is 11.6 Å². The van der Waals surface area contributed by atoms with E-state index in [0.29, 0.717) is 36.2 Å². The third-order valence-electron chi connectivity index (χ3n) is 6.69. The number of rotatable bonds is 12. The Hall–Kier alpha value is -4.72. The predicted octanol–water partition coefficient (Wildman–Crippen LogP) is 6.46. The number of dihydropyridines is 1. The van der Waals surface area contributed by atoms with E-state index in [-0.39, 0.29) is 46.8 Å². The molecule has 5 N–H and O–H groups in total. The minimum Gasteiger partial charge on any atom is -0.366 e. The summed E-state index contributed by atoms with van der Waals surface area (Å²) in [5, 5.41) is 21.2. The van der Waals surface area contributed by atoms with Gasteiger partial charge in [-0.3, -0.25) is 24.1 Å². The van der Waals surface area contributed by atoms with Crippen molar-refractivity contribution in [2.24, 2.45) is 11.7 Å². The lowest BCUT2D eigenvalue weighted by Gasteiger charge is -2.29. The van der Waals surface area contributed by atoms with Crippen LogP contribution in [-0.2, 0) is 17.8 Å². The first-order valence-electron chi connectivity index (χ1n) is 14.8. The number of hydrogen-bond acceptors (Lipinski definition) is 7. The van der Waals surface area contributed by atoms with Gasteiger partial charge in [0.05, 0.1) is 22.6 Å². The highest BCUT2D eigenvalue weighted by atomic mass is 32.1. The Morgan fingerprint density at radius 2 is 1.64 bits per heavy atom. The van der Waals surface area contributed by atoms with Gasteiger partial charge in [-0.2, -0.15) is 0 Å². The fourth-order valence-corrected chi connectivity index (χ4v) is 5.78. The molecule has 1 atom stereocenters. The molecule has 3 aromatic rings. The summed E-state index contributed by atoms with van der Waals surface area (Å²) in [6, 6.07) is 12.2.